The van der Waals surface area contributed by atoms with Gasteiger partial charge in [-0.2, -0.15) is 0 Å². The molecule has 0 radical (unpaired) electrons. The van der Waals surface area contributed by atoms with Gasteiger partial charge in [-0.25, -0.2) is 4.79 Å². The Morgan fingerprint density at radius 2 is 1.93 bits per heavy atom. The highest BCUT2D eigenvalue weighted by Crippen LogP contribution is 2.23. The standard InChI is InChI=1S/C23H23ClN2O3/c24-20-8-2-6-18(13-20)22(27)15-25-10-11-26-21-9-3-5-17(14-21)16-4-1-7-19(12-16)23(28)29/h1-9,12-14,22,25-27H,10-11,15H2,(H,28,29)/t22-/m1/s1/i1D,3D,4D,5D,7D,9D,10D2,11D2,12D,14D,15D2,22D. The summed E-state index contributed by atoms with van der Waals surface area (Å²) in [6, 6.07) is -3.39. The first-order valence-corrected chi connectivity index (χ1v) is 8.29. The fourth-order valence-electron chi connectivity index (χ4n) is 2.03. The van der Waals surface area contributed by atoms with Gasteiger partial charge in [0.1, 0.15) is 0 Å². The van der Waals surface area contributed by atoms with Gasteiger partial charge in [0.15, 0.2) is 0 Å². The van der Waals surface area contributed by atoms with Gasteiger partial charge in [-0.15, -0.1) is 0 Å². The maximum atomic E-state index is 11.7. The first-order chi connectivity index (χ1) is 19.9. The summed E-state index contributed by atoms with van der Waals surface area (Å²) in [7, 11) is 0. The van der Waals surface area contributed by atoms with Crippen molar-refractivity contribution >= 4 is 23.3 Å². The molecule has 6 heteroatoms. The number of benzene rings is 3. The lowest BCUT2D eigenvalue weighted by molar-refractivity contribution is 0.0697. The molecule has 0 saturated heterocycles. The monoisotopic (exact) mass is 425 g/mol. The maximum absolute atomic E-state index is 11.7. The molecule has 3 rings (SSSR count). The summed E-state index contributed by atoms with van der Waals surface area (Å²) in [5, 5.41) is 23.6. The van der Waals surface area contributed by atoms with Crippen molar-refractivity contribution in [1.29, 1.82) is 0 Å². The van der Waals surface area contributed by atoms with E-state index in [0.29, 0.717) is 0 Å². The predicted molar refractivity (Wildman–Crippen MR) is 117 cm³/mol. The molecule has 0 unspecified atom stereocenters. The molecule has 0 bridgehead atoms. The second kappa shape index (κ2) is 10.1. The third-order valence-electron chi connectivity index (χ3n) is 3.31. The first kappa shape index (κ1) is 8.88. The zero-order valence-corrected chi connectivity index (χ0v) is 15.2. The zero-order valence-electron chi connectivity index (χ0n) is 29.5. The van der Waals surface area contributed by atoms with E-state index in [-0.39, 0.29) is 5.02 Å². The third-order valence-corrected chi connectivity index (χ3v) is 3.54. The van der Waals surface area contributed by atoms with E-state index in [1.165, 1.54) is 12.1 Å². The van der Waals surface area contributed by atoms with Crippen LogP contribution < -0.4 is 10.6 Å². The van der Waals surface area contributed by atoms with Crippen molar-refractivity contribution in [1.82, 2.24) is 5.32 Å². The Morgan fingerprint density at radius 3 is 2.69 bits per heavy atom. The molecule has 0 amide bonds. The quantitative estimate of drug-likeness (QED) is 0.407. The Bertz CT molecular complexity index is 1670. The third kappa shape index (κ3) is 6.06. The van der Waals surface area contributed by atoms with Gasteiger partial charge in [0.2, 0.25) is 0 Å². The van der Waals surface area contributed by atoms with Crippen molar-refractivity contribution in [2.45, 2.75) is 6.08 Å². The van der Waals surface area contributed by atoms with Crippen LogP contribution in [0.15, 0.2) is 72.6 Å². The van der Waals surface area contributed by atoms with E-state index in [1.54, 1.807) is 5.32 Å². The minimum Gasteiger partial charge on any atom is -0.478 e. The summed E-state index contributed by atoms with van der Waals surface area (Å²) in [5.41, 5.74) is -4.19. The van der Waals surface area contributed by atoms with E-state index >= 15 is 0 Å². The fourth-order valence-corrected chi connectivity index (χ4v) is 2.22. The zero-order chi connectivity index (χ0) is 33.9. The van der Waals surface area contributed by atoms with Gasteiger partial charge in [0, 0.05) is 35.7 Å². The lowest BCUT2D eigenvalue weighted by Crippen LogP contribution is -2.26. The van der Waals surface area contributed by atoms with Crippen LogP contribution in [0.1, 0.15) is 42.6 Å². The minimum absolute atomic E-state index is 0.00632. The highest BCUT2D eigenvalue weighted by atomic mass is 35.5. The van der Waals surface area contributed by atoms with Gasteiger partial charge in [-0.05, 0) is 53.0 Å². The molecule has 5 nitrogen and oxygen atoms in total. The fraction of sp³-hybridized carbons (Fsp3) is 0.174. The molecule has 150 valence electrons. The van der Waals surface area contributed by atoms with Crippen LogP contribution in [0.4, 0.5) is 5.69 Å². The van der Waals surface area contributed by atoms with Crippen LogP contribution >= 0.6 is 11.6 Å². The average molecular weight is 426 g/mol. The number of aliphatic hydroxyl groups is 1. The van der Waals surface area contributed by atoms with Crippen LogP contribution in [0, 0.1) is 0 Å². The first-order valence-electron chi connectivity index (χ1n) is 15.4. The van der Waals surface area contributed by atoms with E-state index in [4.69, 9.17) is 32.2 Å². The van der Waals surface area contributed by atoms with Gasteiger partial charge in [-0.3, -0.25) is 0 Å². The largest absolute Gasteiger partial charge is 0.478 e. The lowest BCUT2D eigenvalue weighted by atomic mass is 10.0. The Morgan fingerprint density at radius 1 is 1.17 bits per heavy atom. The average Bonchev–Trinajstić information content (AvgIpc) is 2.89. The number of carbonyl (C=O) groups is 1. The number of rotatable bonds is 9. The Labute approximate surface area is 196 Å². The number of anilines is 1. The lowest BCUT2D eigenvalue weighted by Gasteiger charge is -2.13. The van der Waals surface area contributed by atoms with Crippen LogP contribution in [0.25, 0.3) is 11.1 Å². The maximum Gasteiger partial charge on any atom is 0.335 e. The molecule has 29 heavy (non-hydrogen) atoms. The number of hydrogen-bond donors (Lipinski definition) is 4. The summed E-state index contributed by atoms with van der Waals surface area (Å²) < 4.78 is 123. The smallest absolute Gasteiger partial charge is 0.335 e. The van der Waals surface area contributed by atoms with Crippen LogP contribution in [0.3, 0.4) is 0 Å². The number of nitrogens with one attached hydrogen (secondary N) is 2. The van der Waals surface area contributed by atoms with Crippen molar-refractivity contribution < 1.29 is 35.6 Å². The van der Waals surface area contributed by atoms with E-state index < -0.39 is 108 Å². The molecule has 0 fully saturated rings. The second-order valence-electron chi connectivity index (χ2n) is 5.29. The molecular formula is C23H23ClN2O3. The van der Waals surface area contributed by atoms with Crippen LogP contribution in [0.5, 0.6) is 0 Å². The molecule has 4 N–H and O–H groups in total. The van der Waals surface area contributed by atoms with Crippen LogP contribution in [-0.2, 0) is 0 Å². The molecular weight excluding hydrogens is 388 g/mol. The van der Waals surface area contributed by atoms with E-state index in [9.17, 15) is 15.0 Å². The van der Waals surface area contributed by atoms with Crippen LogP contribution in [0.2, 0.25) is 5.02 Å². The molecule has 0 aliphatic rings. The van der Waals surface area contributed by atoms with E-state index in [2.05, 4.69) is 0 Å². The Kier molecular flexibility index (Phi) is 3.08. The second-order valence-corrected chi connectivity index (χ2v) is 5.73. The van der Waals surface area contributed by atoms with Gasteiger partial charge in [0.05, 0.1) is 26.7 Å². The molecule has 0 heterocycles. The van der Waals surface area contributed by atoms with Gasteiger partial charge < -0.3 is 20.8 Å². The SMILES string of the molecule is [2H]c1c([2H])c(NC([2H])([2H])C([2H])([2H])NC([2H])([2H])[C@@]([2H])(O)c2cccc(Cl)c2)c([2H])c(-c2c([2H])c([2H])c([2H])c(C(=O)O)c2[2H])c1[2H]. The highest BCUT2D eigenvalue weighted by molar-refractivity contribution is 6.30. The van der Waals surface area contributed by atoms with Crippen molar-refractivity contribution in [3.05, 3.63) is 88.8 Å². The summed E-state index contributed by atoms with van der Waals surface area (Å²) in [5.74, 6) is -1.84. The molecule has 0 saturated carbocycles. The summed E-state index contributed by atoms with van der Waals surface area (Å²) in [6.45, 7) is -10.5. The number of halogens is 1. The number of carboxylic acids is 1. The molecule has 0 aliphatic carbocycles. The van der Waals surface area contributed by atoms with E-state index in [1.807, 2.05) is 5.32 Å². The molecule has 1 atom stereocenters. The minimum atomic E-state index is -3.58. The van der Waals surface area contributed by atoms with Crippen molar-refractivity contribution in [2.24, 2.45) is 0 Å². The normalized spacial score (nSPS) is 21.8. The number of carboxylic acid groups (broad SMARTS) is 1. The van der Waals surface area contributed by atoms with Gasteiger partial charge >= 0.3 is 5.97 Å². The van der Waals surface area contributed by atoms with Gasteiger partial charge in [0.25, 0.3) is 0 Å². The van der Waals surface area contributed by atoms with Crippen molar-refractivity contribution in [3.63, 3.8) is 0 Å². The van der Waals surface area contributed by atoms with Crippen molar-refractivity contribution in [3.8, 4) is 11.1 Å². The molecule has 0 aliphatic heterocycles. The number of aromatic carboxylic acids is 1. The highest BCUT2D eigenvalue weighted by Gasteiger charge is 2.07. The van der Waals surface area contributed by atoms with E-state index in [0.717, 1.165) is 12.1 Å². The predicted octanol–water partition coefficient (Wildman–Crippen LogP) is 4.44. The Hall–Kier alpha value is -2.86. The Balaban J connectivity index is 2.17. The molecule has 0 spiro atoms. The number of hydrogen-bond acceptors (Lipinski definition) is 4. The molecule has 0 aromatic heterocycles. The van der Waals surface area contributed by atoms with Crippen molar-refractivity contribution in [2.75, 3.05) is 24.8 Å². The van der Waals surface area contributed by atoms with Gasteiger partial charge in [-0.1, -0.05) is 47.9 Å². The molecule has 3 aromatic rings. The summed E-state index contributed by atoms with van der Waals surface area (Å²) in [6.07, 6.45) is -3.24. The summed E-state index contributed by atoms with van der Waals surface area (Å²) in [4.78, 5) is 11.7. The topological polar surface area (TPSA) is 81.6 Å². The summed E-state index contributed by atoms with van der Waals surface area (Å²) >= 11 is 5.85. The molecule has 3 aromatic carbocycles. The van der Waals surface area contributed by atoms with Crippen LogP contribution in [-0.4, -0.2) is 35.7 Å².